The van der Waals surface area contributed by atoms with Gasteiger partial charge in [-0.3, -0.25) is 4.79 Å². The molecule has 0 aliphatic heterocycles. The van der Waals surface area contributed by atoms with Gasteiger partial charge in [0.05, 0.1) is 6.04 Å². The molecule has 0 spiro atoms. The Morgan fingerprint density at radius 1 is 0.857 bits per heavy atom. The molecule has 0 saturated carbocycles. The van der Waals surface area contributed by atoms with Crippen LogP contribution in [0.4, 0.5) is 4.79 Å². The monoisotopic (exact) mass is 383 g/mol. The van der Waals surface area contributed by atoms with Gasteiger partial charge in [-0.25, -0.2) is 4.79 Å². The van der Waals surface area contributed by atoms with Gasteiger partial charge in [0, 0.05) is 13.1 Å². The van der Waals surface area contributed by atoms with E-state index in [1.54, 1.807) is 0 Å². The van der Waals surface area contributed by atoms with E-state index in [0.29, 0.717) is 19.5 Å². The zero-order valence-corrected chi connectivity index (χ0v) is 16.1. The Bertz CT molecular complexity index is 707. The van der Waals surface area contributed by atoms with E-state index in [2.05, 4.69) is 10.6 Å². The van der Waals surface area contributed by atoms with Crippen molar-refractivity contribution >= 4 is 12.0 Å². The van der Waals surface area contributed by atoms with Gasteiger partial charge in [-0.2, -0.15) is 0 Å². The maximum Gasteiger partial charge on any atom is 0.407 e. The van der Waals surface area contributed by atoms with Crippen LogP contribution in [0, 0.1) is 0 Å². The van der Waals surface area contributed by atoms with Crippen molar-refractivity contribution < 1.29 is 14.3 Å². The number of ether oxygens (including phenoxy) is 1. The van der Waals surface area contributed by atoms with Crippen LogP contribution in [0.2, 0.25) is 0 Å². The number of benzene rings is 2. The van der Waals surface area contributed by atoms with Crippen LogP contribution < -0.4 is 16.4 Å². The average Bonchev–Trinajstić information content (AvgIpc) is 2.73. The Morgan fingerprint density at radius 3 is 2.18 bits per heavy atom. The van der Waals surface area contributed by atoms with E-state index in [1.807, 2.05) is 60.7 Å². The van der Waals surface area contributed by atoms with Crippen LogP contribution in [0.25, 0.3) is 0 Å². The lowest BCUT2D eigenvalue weighted by atomic mass is 10.1. The minimum Gasteiger partial charge on any atom is -0.445 e. The molecule has 0 aliphatic rings. The summed E-state index contributed by atoms with van der Waals surface area (Å²) in [7, 11) is 0. The normalized spacial score (nSPS) is 11.5. The molecule has 0 saturated heterocycles. The highest BCUT2D eigenvalue weighted by Crippen LogP contribution is 2.02. The predicted molar refractivity (Wildman–Crippen MR) is 110 cm³/mol. The highest BCUT2D eigenvalue weighted by molar-refractivity contribution is 5.81. The Balaban J connectivity index is 1.48. The fourth-order valence-corrected chi connectivity index (χ4v) is 2.69. The van der Waals surface area contributed by atoms with E-state index >= 15 is 0 Å². The van der Waals surface area contributed by atoms with Gasteiger partial charge in [0.1, 0.15) is 6.61 Å². The van der Waals surface area contributed by atoms with Crippen molar-refractivity contribution in [2.45, 2.75) is 38.3 Å². The highest BCUT2D eigenvalue weighted by atomic mass is 16.5. The van der Waals surface area contributed by atoms with Gasteiger partial charge in [0.2, 0.25) is 5.91 Å². The third-order valence-electron chi connectivity index (χ3n) is 4.32. The molecule has 0 radical (unpaired) electrons. The molecule has 0 heterocycles. The summed E-state index contributed by atoms with van der Waals surface area (Å²) in [4.78, 5) is 23.6. The van der Waals surface area contributed by atoms with Gasteiger partial charge in [-0.1, -0.05) is 60.7 Å². The minimum atomic E-state index is -0.527. The first kappa shape index (κ1) is 21.4. The maximum atomic E-state index is 12.0. The number of nitrogens with two attached hydrogens (primary N) is 1. The van der Waals surface area contributed by atoms with Gasteiger partial charge in [0.15, 0.2) is 0 Å². The number of amides is 2. The van der Waals surface area contributed by atoms with Crippen molar-refractivity contribution in [3.05, 3.63) is 71.8 Å². The Morgan fingerprint density at radius 2 is 1.50 bits per heavy atom. The molecule has 1 atom stereocenters. The van der Waals surface area contributed by atoms with E-state index in [-0.39, 0.29) is 12.5 Å². The Labute approximate surface area is 166 Å². The van der Waals surface area contributed by atoms with Gasteiger partial charge in [0.25, 0.3) is 0 Å². The summed E-state index contributed by atoms with van der Waals surface area (Å²) in [5.74, 6) is -0.133. The molecule has 4 N–H and O–H groups in total. The number of alkyl carbamates (subject to hydrolysis) is 1. The number of unbranched alkanes of at least 4 members (excludes halogenated alkanes) is 1. The fraction of sp³-hybridized carbons (Fsp3) is 0.364. The number of carbonyl (C=O) groups excluding carboxylic acids is 2. The van der Waals surface area contributed by atoms with Crippen LogP contribution in [-0.2, 0) is 22.6 Å². The van der Waals surface area contributed by atoms with Gasteiger partial charge in [-0.05, 0) is 36.8 Å². The molecule has 0 aromatic heterocycles. The lowest BCUT2D eigenvalue weighted by Gasteiger charge is -2.12. The minimum absolute atomic E-state index is 0.133. The van der Waals surface area contributed by atoms with Gasteiger partial charge < -0.3 is 21.1 Å². The summed E-state index contributed by atoms with van der Waals surface area (Å²) in [5, 5.41) is 5.57. The summed E-state index contributed by atoms with van der Waals surface area (Å²) in [5.41, 5.74) is 8.05. The van der Waals surface area contributed by atoms with Crippen LogP contribution in [0.1, 0.15) is 30.4 Å². The van der Waals surface area contributed by atoms with Crippen LogP contribution in [0.5, 0.6) is 0 Å². The van der Waals surface area contributed by atoms with Crippen molar-refractivity contribution in [3.8, 4) is 0 Å². The second-order valence-electron chi connectivity index (χ2n) is 6.62. The van der Waals surface area contributed by atoms with Crippen LogP contribution in [-0.4, -0.2) is 31.1 Å². The van der Waals surface area contributed by atoms with Gasteiger partial charge in [-0.15, -0.1) is 0 Å². The van der Waals surface area contributed by atoms with E-state index in [0.717, 1.165) is 24.8 Å². The van der Waals surface area contributed by atoms with Gasteiger partial charge >= 0.3 is 6.09 Å². The molecule has 0 aliphatic carbocycles. The van der Waals surface area contributed by atoms with E-state index < -0.39 is 12.1 Å². The second kappa shape index (κ2) is 12.5. The van der Waals surface area contributed by atoms with E-state index in [1.165, 1.54) is 5.56 Å². The van der Waals surface area contributed by atoms with Crippen molar-refractivity contribution in [1.82, 2.24) is 10.6 Å². The molecule has 6 nitrogen and oxygen atoms in total. The molecule has 0 fully saturated rings. The first-order valence-electron chi connectivity index (χ1n) is 9.67. The Kier molecular flexibility index (Phi) is 9.58. The maximum absolute atomic E-state index is 12.0. The van der Waals surface area contributed by atoms with E-state index in [9.17, 15) is 9.59 Å². The summed E-state index contributed by atoms with van der Waals surface area (Å²) in [6.07, 6.45) is 2.43. The molecule has 6 heteroatoms. The second-order valence-corrected chi connectivity index (χ2v) is 6.62. The van der Waals surface area contributed by atoms with E-state index in [4.69, 9.17) is 10.5 Å². The van der Waals surface area contributed by atoms with Crippen LogP contribution >= 0.6 is 0 Å². The fourth-order valence-electron chi connectivity index (χ4n) is 2.69. The summed E-state index contributed by atoms with van der Waals surface area (Å²) < 4.78 is 5.14. The molecule has 0 bridgehead atoms. The van der Waals surface area contributed by atoms with Crippen molar-refractivity contribution in [1.29, 1.82) is 0 Å². The van der Waals surface area contributed by atoms with Crippen LogP contribution in [0.15, 0.2) is 60.7 Å². The lowest BCUT2D eigenvalue weighted by Crippen LogP contribution is -2.41. The molecule has 2 rings (SSSR count). The number of nitrogens with one attached hydrogen (secondary N) is 2. The largest absolute Gasteiger partial charge is 0.445 e. The smallest absolute Gasteiger partial charge is 0.407 e. The standard InChI is InChI=1S/C22H29N3O3/c23-20(21(26)24-16-14-18-9-3-1-4-10-18)13-7-8-15-25-22(27)28-17-19-11-5-2-6-12-19/h1-6,9-12,20H,7-8,13-17,23H2,(H,24,26)(H,25,27)/t20-/m1/s1. The molecule has 0 unspecified atom stereocenters. The first-order chi connectivity index (χ1) is 13.6. The summed E-state index contributed by atoms with van der Waals surface area (Å²) in [6.45, 7) is 1.32. The molecule has 2 aromatic carbocycles. The SMILES string of the molecule is N[C@H](CCCCNC(=O)OCc1ccccc1)C(=O)NCCc1ccccc1. The zero-order valence-electron chi connectivity index (χ0n) is 16.1. The third kappa shape index (κ3) is 8.68. The number of hydrogen-bond donors (Lipinski definition) is 3. The summed E-state index contributed by atoms with van der Waals surface area (Å²) in [6, 6.07) is 19.0. The van der Waals surface area contributed by atoms with Crippen LogP contribution in [0.3, 0.4) is 0 Å². The third-order valence-corrected chi connectivity index (χ3v) is 4.32. The summed E-state index contributed by atoms with van der Waals surface area (Å²) >= 11 is 0. The predicted octanol–water partition coefficient (Wildman–Crippen LogP) is 2.77. The quantitative estimate of drug-likeness (QED) is 0.520. The average molecular weight is 383 g/mol. The first-order valence-corrected chi connectivity index (χ1v) is 9.67. The molecular formula is C22H29N3O3. The number of carbonyl (C=O) groups is 2. The number of hydrogen-bond acceptors (Lipinski definition) is 4. The molecule has 2 amide bonds. The molecular weight excluding hydrogens is 354 g/mol. The molecule has 150 valence electrons. The van der Waals surface area contributed by atoms with Crippen molar-refractivity contribution in [3.63, 3.8) is 0 Å². The van der Waals surface area contributed by atoms with Crippen molar-refractivity contribution in [2.24, 2.45) is 5.73 Å². The zero-order chi connectivity index (χ0) is 20.0. The highest BCUT2D eigenvalue weighted by Gasteiger charge is 2.12. The number of rotatable bonds is 11. The Hall–Kier alpha value is -2.86. The molecule has 2 aromatic rings. The topological polar surface area (TPSA) is 93.4 Å². The van der Waals surface area contributed by atoms with Crippen molar-refractivity contribution in [2.75, 3.05) is 13.1 Å². The lowest BCUT2D eigenvalue weighted by molar-refractivity contribution is -0.122. The molecule has 28 heavy (non-hydrogen) atoms.